The first-order chi connectivity index (χ1) is 22.3. The maximum atomic E-state index is 6.57. The second-order valence-corrected chi connectivity index (χ2v) is 11.6. The monoisotopic (exact) mass is 576 g/mol. The van der Waals surface area contributed by atoms with Crippen molar-refractivity contribution in [1.29, 1.82) is 0 Å². The lowest BCUT2D eigenvalue weighted by molar-refractivity contribution is 0.620. The largest absolute Gasteiger partial charge is 0.456 e. The van der Waals surface area contributed by atoms with E-state index in [9.17, 15) is 0 Å². The summed E-state index contributed by atoms with van der Waals surface area (Å²) >= 11 is 0. The van der Waals surface area contributed by atoms with E-state index in [0.29, 0.717) is 5.89 Å². The van der Waals surface area contributed by atoms with Crippen molar-refractivity contribution in [3.63, 3.8) is 0 Å². The number of oxazole rings is 1. The highest BCUT2D eigenvalue weighted by Gasteiger charge is 2.18. The summed E-state index contributed by atoms with van der Waals surface area (Å²) in [6, 6.07) is 50.8. The average molecular weight is 577 g/mol. The van der Waals surface area contributed by atoms with Crippen LogP contribution in [0.2, 0.25) is 0 Å². The van der Waals surface area contributed by atoms with E-state index in [0.717, 1.165) is 55.4 Å². The highest BCUT2D eigenvalue weighted by Crippen LogP contribution is 2.41. The van der Waals surface area contributed by atoms with Gasteiger partial charge in [0.1, 0.15) is 16.7 Å². The Kier molecular flexibility index (Phi) is 4.96. The summed E-state index contributed by atoms with van der Waals surface area (Å²) in [7, 11) is 0. The van der Waals surface area contributed by atoms with Gasteiger partial charge in [0.25, 0.3) is 0 Å². The molecular weight excluding hydrogens is 552 g/mol. The van der Waals surface area contributed by atoms with Crippen LogP contribution in [-0.2, 0) is 0 Å². The summed E-state index contributed by atoms with van der Waals surface area (Å²) < 4.78 is 15.2. The van der Waals surface area contributed by atoms with Crippen LogP contribution in [0.15, 0.2) is 154 Å². The highest BCUT2D eigenvalue weighted by molar-refractivity contribution is 6.19. The number of rotatable bonds is 3. The molecule has 0 unspecified atom stereocenters. The van der Waals surface area contributed by atoms with E-state index in [-0.39, 0.29) is 0 Å². The Morgan fingerprint density at radius 2 is 1.31 bits per heavy atom. The van der Waals surface area contributed by atoms with Crippen LogP contribution in [0, 0.1) is 0 Å². The van der Waals surface area contributed by atoms with Crippen LogP contribution in [-0.4, -0.2) is 9.55 Å². The van der Waals surface area contributed by atoms with Crippen LogP contribution in [0.4, 0.5) is 0 Å². The normalized spacial score (nSPS) is 12.0. The van der Waals surface area contributed by atoms with Crippen molar-refractivity contribution >= 4 is 65.6 Å². The maximum absolute atomic E-state index is 6.57. The van der Waals surface area contributed by atoms with Crippen molar-refractivity contribution in [3.8, 4) is 28.3 Å². The van der Waals surface area contributed by atoms with Crippen molar-refractivity contribution in [1.82, 2.24) is 9.55 Å². The van der Waals surface area contributed by atoms with Gasteiger partial charge in [-0.15, -0.1) is 0 Å². The van der Waals surface area contributed by atoms with Gasteiger partial charge < -0.3 is 13.4 Å². The van der Waals surface area contributed by atoms with Crippen molar-refractivity contribution in [3.05, 3.63) is 146 Å². The topological polar surface area (TPSA) is 44.1 Å². The van der Waals surface area contributed by atoms with Gasteiger partial charge >= 0.3 is 0 Å². The van der Waals surface area contributed by atoms with Gasteiger partial charge in [0.2, 0.25) is 5.89 Å². The van der Waals surface area contributed by atoms with Crippen LogP contribution < -0.4 is 0 Å². The van der Waals surface area contributed by atoms with Gasteiger partial charge in [-0.25, -0.2) is 4.98 Å². The number of nitrogens with zero attached hydrogens (tertiary/aromatic N) is 2. The van der Waals surface area contributed by atoms with Crippen LogP contribution in [0.25, 0.3) is 93.9 Å². The molecule has 0 amide bonds. The van der Waals surface area contributed by atoms with E-state index in [4.69, 9.17) is 13.8 Å². The number of aromatic nitrogens is 2. The van der Waals surface area contributed by atoms with Gasteiger partial charge in [-0.3, -0.25) is 0 Å². The predicted molar refractivity (Wildman–Crippen MR) is 184 cm³/mol. The molecule has 3 heterocycles. The summed E-state index contributed by atoms with van der Waals surface area (Å²) in [5.41, 5.74) is 9.89. The zero-order valence-electron chi connectivity index (χ0n) is 24.1. The molecule has 10 aromatic rings. The molecule has 7 aromatic carbocycles. The lowest BCUT2D eigenvalue weighted by Gasteiger charge is -2.10. The number of hydrogen-bond acceptors (Lipinski definition) is 3. The third-order valence-electron chi connectivity index (χ3n) is 9.02. The Morgan fingerprint density at radius 1 is 0.489 bits per heavy atom. The lowest BCUT2D eigenvalue weighted by atomic mass is 9.99. The van der Waals surface area contributed by atoms with Gasteiger partial charge in [0, 0.05) is 44.2 Å². The van der Waals surface area contributed by atoms with Crippen LogP contribution >= 0.6 is 0 Å². The third kappa shape index (κ3) is 3.57. The van der Waals surface area contributed by atoms with E-state index >= 15 is 0 Å². The lowest BCUT2D eigenvalue weighted by Crippen LogP contribution is -1.94. The van der Waals surface area contributed by atoms with Crippen molar-refractivity contribution < 1.29 is 8.83 Å². The summed E-state index contributed by atoms with van der Waals surface area (Å²) in [6.45, 7) is 0. The van der Waals surface area contributed by atoms with Crippen molar-refractivity contribution in [2.24, 2.45) is 0 Å². The van der Waals surface area contributed by atoms with Crippen molar-refractivity contribution in [2.45, 2.75) is 0 Å². The minimum atomic E-state index is 0.625. The second kappa shape index (κ2) is 9.18. The Balaban J connectivity index is 1.17. The molecule has 10 rings (SSSR count). The molecule has 0 aliphatic carbocycles. The average Bonchev–Trinajstić information content (AvgIpc) is 3.79. The molecule has 0 radical (unpaired) electrons. The predicted octanol–water partition coefficient (Wildman–Crippen LogP) is 11.3. The number of furan rings is 1. The van der Waals surface area contributed by atoms with E-state index in [1.165, 1.54) is 32.6 Å². The van der Waals surface area contributed by atoms with Gasteiger partial charge in [-0.2, -0.15) is 0 Å². The fourth-order valence-electron chi connectivity index (χ4n) is 6.99. The molecule has 4 nitrogen and oxygen atoms in total. The molecule has 0 fully saturated rings. The Hall–Kier alpha value is -6.13. The van der Waals surface area contributed by atoms with E-state index in [2.05, 4.69) is 108 Å². The number of para-hydroxylation sites is 1. The van der Waals surface area contributed by atoms with Gasteiger partial charge in [-0.1, -0.05) is 91.0 Å². The first-order valence-electron chi connectivity index (χ1n) is 15.1. The van der Waals surface area contributed by atoms with Crippen LogP contribution in [0.3, 0.4) is 0 Å². The smallest absolute Gasteiger partial charge is 0.227 e. The first-order valence-corrected chi connectivity index (χ1v) is 15.1. The van der Waals surface area contributed by atoms with E-state index in [1.54, 1.807) is 0 Å². The van der Waals surface area contributed by atoms with Gasteiger partial charge in [0.15, 0.2) is 5.58 Å². The molecule has 4 heteroatoms. The van der Waals surface area contributed by atoms with Gasteiger partial charge in [0.05, 0.1) is 11.0 Å². The Morgan fingerprint density at radius 3 is 2.24 bits per heavy atom. The SMILES string of the molecule is c1ccc(-c2nc3ccc(-c4cccc5oc6cc(-n7c8ccccc8c8ccc9ccccc9c87)ccc6c45)cc3o2)cc1. The molecule has 0 saturated carbocycles. The third-order valence-corrected chi connectivity index (χ3v) is 9.02. The molecule has 0 spiro atoms. The molecular formula is C41H24N2O2. The minimum absolute atomic E-state index is 0.625. The standard InChI is InChI=1S/C41H24N2O2/c1-2-10-26(11-3-1)41-42-34-22-18-27(23-38(34)45-41)29-14-8-16-36-39(29)33-21-19-28(24-37(33)44-36)43-35-15-7-6-13-31(35)32-20-17-25-9-4-5-12-30(25)40(32)43/h1-24H. The quantitative estimate of drug-likeness (QED) is 0.210. The maximum Gasteiger partial charge on any atom is 0.227 e. The highest BCUT2D eigenvalue weighted by atomic mass is 16.3. The Labute approximate surface area is 257 Å². The first kappa shape index (κ1) is 24.3. The van der Waals surface area contributed by atoms with Gasteiger partial charge in [-0.05, 0) is 65.0 Å². The summed E-state index contributed by atoms with van der Waals surface area (Å²) in [6.07, 6.45) is 0. The van der Waals surface area contributed by atoms with Crippen LogP contribution in [0.1, 0.15) is 0 Å². The second-order valence-electron chi connectivity index (χ2n) is 11.6. The molecule has 0 aliphatic heterocycles. The molecule has 0 aliphatic rings. The van der Waals surface area contributed by atoms with Crippen LogP contribution in [0.5, 0.6) is 0 Å². The fourth-order valence-corrected chi connectivity index (χ4v) is 6.99. The molecule has 0 atom stereocenters. The molecule has 45 heavy (non-hydrogen) atoms. The van der Waals surface area contributed by atoms with Crippen molar-refractivity contribution in [2.75, 3.05) is 0 Å². The molecule has 210 valence electrons. The Bertz CT molecular complexity index is 2760. The summed E-state index contributed by atoms with van der Waals surface area (Å²) in [5, 5.41) is 7.11. The zero-order chi connectivity index (χ0) is 29.5. The number of fused-ring (bicyclic) bond motifs is 9. The fraction of sp³-hybridized carbons (Fsp3) is 0. The number of benzene rings is 7. The molecule has 0 N–H and O–H groups in total. The number of hydrogen-bond donors (Lipinski definition) is 0. The molecule has 0 bridgehead atoms. The molecule has 3 aromatic heterocycles. The summed E-state index contributed by atoms with van der Waals surface area (Å²) in [5.74, 6) is 0.625. The zero-order valence-corrected chi connectivity index (χ0v) is 24.1. The van der Waals surface area contributed by atoms with E-state index < -0.39 is 0 Å². The summed E-state index contributed by atoms with van der Waals surface area (Å²) in [4.78, 5) is 4.73. The molecule has 0 saturated heterocycles. The van der Waals surface area contributed by atoms with E-state index in [1.807, 2.05) is 42.5 Å². The minimum Gasteiger partial charge on any atom is -0.456 e.